The zero-order chi connectivity index (χ0) is 13.2. The van der Waals surface area contributed by atoms with Crippen LogP contribution in [0.2, 0.25) is 0 Å². The predicted molar refractivity (Wildman–Crippen MR) is 80.7 cm³/mol. The lowest BCUT2D eigenvalue weighted by molar-refractivity contribution is 0.169. The van der Waals surface area contributed by atoms with Crippen molar-refractivity contribution in [1.82, 2.24) is 0 Å². The summed E-state index contributed by atoms with van der Waals surface area (Å²) in [6, 6.07) is 10.1. The van der Waals surface area contributed by atoms with Gasteiger partial charge in [0.1, 0.15) is 6.61 Å². The Morgan fingerprint density at radius 3 is 2.78 bits per heavy atom. The van der Waals surface area contributed by atoms with Gasteiger partial charge in [-0.25, -0.2) is 0 Å². The van der Waals surface area contributed by atoms with E-state index in [0.717, 1.165) is 5.56 Å². The number of thioether (sulfide) groups is 1. The van der Waals surface area contributed by atoms with Crippen LogP contribution in [0, 0.1) is 12.3 Å². The smallest absolute Gasteiger partial charge is 0.220 e. The molecule has 0 N–H and O–H groups in total. The van der Waals surface area contributed by atoms with Crippen molar-refractivity contribution in [2.24, 2.45) is 0 Å². The number of hydrogen-bond acceptors (Lipinski definition) is 4. The van der Waals surface area contributed by atoms with E-state index in [9.17, 15) is 0 Å². The van der Waals surface area contributed by atoms with Gasteiger partial charge >= 0.3 is 0 Å². The van der Waals surface area contributed by atoms with Crippen molar-refractivity contribution in [2.45, 2.75) is 12.2 Å². The highest BCUT2D eigenvalue weighted by atomic mass is 32.2. The maximum atomic E-state index is 5.41. The second kappa shape index (κ2) is 8.98. The third kappa shape index (κ3) is 5.54. The van der Waals surface area contributed by atoms with Gasteiger partial charge in [0.05, 0.1) is 18.5 Å². The van der Waals surface area contributed by atoms with Crippen LogP contribution in [0.5, 0.6) is 0 Å². The molecule has 1 unspecified atom stereocenters. The SMILES string of the molecule is C#CCOCC(SC(=S)OCC)c1ccccc1. The number of terminal acetylenes is 1. The first-order valence-electron chi connectivity index (χ1n) is 5.67. The van der Waals surface area contributed by atoms with Crippen molar-refractivity contribution in [3.63, 3.8) is 0 Å². The summed E-state index contributed by atoms with van der Waals surface area (Å²) in [5, 5.41) is 0.110. The van der Waals surface area contributed by atoms with Crippen LogP contribution >= 0.6 is 24.0 Å². The van der Waals surface area contributed by atoms with Crippen LogP contribution in [0.3, 0.4) is 0 Å². The molecule has 0 bridgehead atoms. The lowest BCUT2D eigenvalue weighted by atomic mass is 10.1. The van der Waals surface area contributed by atoms with Gasteiger partial charge in [-0.1, -0.05) is 48.0 Å². The molecule has 0 aliphatic rings. The highest BCUT2D eigenvalue weighted by molar-refractivity contribution is 8.22. The predicted octanol–water partition coefficient (Wildman–Crippen LogP) is 3.43. The number of hydrogen-bond donors (Lipinski definition) is 0. The second-order valence-corrected chi connectivity index (χ2v) is 5.22. The molecule has 0 heterocycles. The van der Waals surface area contributed by atoms with Gasteiger partial charge in [-0.15, -0.1) is 6.42 Å². The molecule has 1 atom stereocenters. The molecule has 4 heteroatoms. The molecule has 1 aromatic carbocycles. The summed E-state index contributed by atoms with van der Waals surface area (Å²) in [6.45, 7) is 3.33. The first-order chi connectivity index (χ1) is 8.77. The Hall–Kier alpha value is -1.02. The van der Waals surface area contributed by atoms with Crippen LogP contribution in [0.25, 0.3) is 0 Å². The summed E-state index contributed by atoms with van der Waals surface area (Å²) in [5.41, 5.74) is 1.15. The van der Waals surface area contributed by atoms with E-state index in [1.807, 2.05) is 37.3 Å². The third-order valence-electron chi connectivity index (χ3n) is 2.13. The molecule has 1 aromatic rings. The Kier molecular flexibility index (Phi) is 7.51. The van der Waals surface area contributed by atoms with Crippen molar-refractivity contribution in [3.8, 4) is 12.3 Å². The largest absolute Gasteiger partial charge is 0.479 e. The fourth-order valence-electron chi connectivity index (χ4n) is 1.36. The minimum atomic E-state index is 0.110. The van der Waals surface area contributed by atoms with Crippen LogP contribution in [-0.2, 0) is 9.47 Å². The van der Waals surface area contributed by atoms with Crippen molar-refractivity contribution in [3.05, 3.63) is 35.9 Å². The molecule has 0 aliphatic carbocycles. The molecular weight excluding hydrogens is 264 g/mol. The Balaban J connectivity index is 2.63. The van der Waals surface area contributed by atoms with Gasteiger partial charge in [0.15, 0.2) is 0 Å². The number of rotatable bonds is 6. The van der Waals surface area contributed by atoms with Gasteiger partial charge < -0.3 is 9.47 Å². The molecular formula is C14H16O2S2. The molecule has 96 valence electrons. The average molecular weight is 280 g/mol. The van der Waals surface area contributed by atoms with Gasteiger partial charge in [0.25, 0.3) is 0 Å². The Morgan fingerprint density at radius 1 is 1.44 bits per heavy atom. The van der Waals surface area contributed by atoms with Gasteiger partial charge in [-0.3, -0.25) is 0 Å². The van der Waals surface area contributed by atoms with E-state index in [1.165, 1.54) is 11.8 Å². The zero-order valence-corrected chi connectivity index (χ0v) is 11.9. The quantitative estimate of drug-likeness (QED) is 0.451. The molecule has 0 radical (unpaired) electrons. The highest BCUT2D eigenvalue weighted by Crippen LogP contribution is 2.30. The van der Waals surface area contributed by atoms with Crippen molar-refractivity contribution < 1.29 is 9.47 Å². The van der Waals surface area contributed by atoms with Crippen molar-refractivity contribution in [1.29, 1.82) is 0 Å². The molecule has 0 aliphatic heterocycles. The van der Waals surface area contributed by atoms with Gasteiger partial charge in [-0.2, -0.15) is 0 Å². The average Bonchev–Trinajstić information content (AvgIpc) is 2.39. The van der Waals surface area contributed by atoms with Gasteiger partial charge in [0.2, 0.25) is 4.38 Å². The van der Waals surface area contributed by atoms with Crippen LogP contribution in [0.4, 0.5) is 0 Å². The Bertz CT molecular complexity index is 398. The maximum Gasteiger partial charge on any atom is 0.220 e. The normalized spacial score (nSPS) is 11.6. The number of ether oxygens (including phenoxy) is 2. The van der Waals surface area contributed by atoms with Crippen LogP contribution in [0.15, 0.2) is 30.3 Å². The summed E-state index contributed by atoms with van der Waals surface area (Å²) in [4.78, 5) is 0. The van der Waals surface area contributed by atoms with Crippen molar-refractivity contribution in [2.75, 3.05) is 19.8 Å². The molecule has 2 nitrogen and oxygen atoms in total. The van der Waals surface area contributed by atoms with Crippen LogP contribution in [-0.4, -0.2) is 24.2 Å². The first-order valence-corrected chi connectivity index (χ1v) is 6.96. The number of benzene rings is 1. The second-order valence-electron chi connectivity index (χ2n) is 3.42. The summed E-state index contributed by atoms with van der Waals surface area (Å²) in [5.74, 6) is 2.46. The molecule has 0 fully saturated rings. The van der Waals surface area contributed by atoms with E-state index in [4.69, 9.17) is 28.1 Å². The molecule has 1 rings (SSSR count). The minimum absolute atomic E-state index is 0.110. The molecule has 0 amide bonds. The number of thiocarbonyl (C=S) groups is 1. The maximum absolute atomic E-state index is 5.41. The third-order valence-corrected chi connectivity index (χ3v) is 3.54. The van der Waals surface area contributed by atoms with E-state index in [-0.39, 0.29) is 5.25 Å². The summed E-state index contributed by atoms with van der Waals surface area (Å²) in [6.07, 6.45) is 5.17. The van der Waals surface area contributed by atoms with Gasteiger partial charge in [-0.05, 0) is 24.7 Å². The summed E-state index contributed by atoms with van der Waals surface area (Å²) >= 11 is 6.64. The zero-order valence-electron chi connectivity index (χ0n) is 10.3. The standard InChI is InChI=1S/C14H16O2S2/c1-3-10-15-11-13(18-14(17)16-4-2)12-8-6-5-7-9-12/h1,5-9,13H,4,10-11H2,2H3. The van der Waals surface area contributed by atoms with E-state index in [0.29, 0.717) is 24.2 Å². The molecule has 0 aromatic heterocycles. The van der Waals surface area contributed by atoms with Crippen LogP contribution < -0.4 is 0 Å². The van der Waals surface area contributed by atoms with E-state index in [1.54, 1.807) is 0 Å². The van der Waals surface area contributed by atoms with E-state index < -0.39 is 0 Å². The Labute approximate surface area is 118 Å². The minimum Gasteiger partial charge on any atom is -0.479 e. The topological polar surface area (TPSA) is 18.5 Å². The Morgan fingerprint density at radius 2 is 2.17 bits per heavy atom. The molecule has 0 saturated carbocycles. The van der Waals surface area contributed by atoms with Gasteiger partial charge in [0, 0.05) is 0 Å². The molecule has 18 heavy (non-hydrogen) atoms. The first kappa shape index (κ1) is 15.0. The van der Waals surface area contributed by atoms with E-state index >= 15 is 0 Å². The van der Waals surface area contributed by atoms with Crippen molar-refractivity contribution >= 4 is 28.4 Å². The molecule has 0 spiro atoms. The fraction of sp³-hybridized carbons (Fsp3) is 0.357. The highest BCUT2D eigenvalue weighted by Gasteiger charge is 2.15. The summed E-state index contributed by atoms with van der Waals surface area (Å²) in [7, 11) is 0. The summed E-state index contributed by atoms with van der Waals surface area (Å²) < 4.78 is 11.2. The van der Waals surface area contributed by atoms with Crippen LogP contribution in [0.1, 0.15) is 17.7 Å². The van der Waals surface area contributed by atoms with E-state index in [2.05, 4.69) is 5.92 Å². The fourth-order valence-corrected chi connectivity index (χ4v) is 2.70. The monoisotopic (exact) mass is 280 g/mol. The lowest BCUT2D eigenvalue weighted by Gasteiger charge is -2.16. The molecule has 0 saturated heterocycles. The lowest BCUT2D eigenvalue weighted by Crippen LogP contribution is -2.08.